The van der Waals surface area contributed by atoms with Crippen LogP contribution in [-0.2, 0) is 20.0 Å². The molecule has 3 aromatic rings. The van der Waals surface area contributed by atoms with Gasteiger partial charge in [0.2, 0.25) is 0 Å². The van der Waals surface area contributed by atoms with Crippen LogP contribution >= 0.6 is 0 Å². The number of para-hydroxylation sites is 2. The van der Waals surface area contributed by atoms with E-state index in [4.69, 9.17) is 0 Å². The molecule has 18 heavy (non-hydrogen) atoms. The number of fused-ring (bicyclic) bond motifs is 1. The number of hydrogen-bond donors (Lipinski definition) is 0. The van der Waals surface area contributed by atoms with Crippen LogP contribution in [0.5, 0.6) is 0 Å². The molecule has 0 radical (unpaired) electrons. The number of rotatable bonds is 3. The molecule has 1 aromatic carbocycles. The maximum atomic E-state index is 4.47. The summed E-state index contributed by atoms with van der Waals surface area (Å²) in [5.74, 6) is 0. The lowest BCUT2D eigenvalue weighted by Crippen LogP contribution is -2.04. The summed E-state index contributed by atoms with van der Waals surface area (Å²) >= 11 is 0. The minimum absolute atomic E-state index is 0.810. The van der Waals surface area contributed by atoms with Crippen molar-refractivity contribution in [2.24, 2.45) is 7.05 Å². The first-order valence-electron chi connectivity index (χ1n) is 6.19. The van der Waals surface area contributed by atoms with Crippen LogP contribution in [0.3, 0.4) is 0 Å². The number of aryl methyl sites for hydroxylation is 2. The average Bonchev–Trinajstić information content (AvgIpc) is 2.95. The third-order valence-corrected chi connectivity index (χ3v) is 3.25. The van der Waals surface area contributed by atoms with Crippen molar-refractivity contribution in [3.63, 3.8) is 0 Å². The van der Waals surface area contributed by atoms with Crippen molar-refractivity contribution in [2.45, 2.75) is 19.9 Å². The number of nitrogens with zero attached hydrogens (tertiary/aromatic N) is 4. The van der Waals surface area contributed by atoms with Gasteiger partial charge in [0.1, 0.15) is 0 Å². The first-order valence-corrected chi connectivity index (χ1v) is 6.19. The molecule has 92 valence electrons. The van der Waals surface area contributed by atoms with Crippen LogP contribution in [-0.4, -0.2) is 19.3 Å². The average molecular weight is 240 g/mol. The lowest BCUT2D eigenvalue weighted by atomic mass is 10.3. The maximum absolute atomic E-state index is 4.47. The fourth-order valence-electron chi connectivity index (χ4n) is 2.20. The summed E-state index contributed by atoms with van der Waals surface area (Å²) in [4.78, 5) is 4.40. The Morgan fingerprint density at radius 3 is 2.83 bits per heavy atom. The zero-order chi connectivity index (χ0) is 12.5. The minimum Gasteiger partial charge on any atom is -0.325 e. The van der Waals surface area contributed by atoms with Gasteiger partial charge in [-0.2, -0.15) is 5.10 Å². The Bertz CT molecular complexity index is 678. The molecule has 0 spiro atoms. The second-order valence-corrected chi connectivity index (χ2v) is 4.47. The molecule has 0 aliphatic heterocycles. The molecule has 0 saturated carbocycles. The second-order valence-electron chi connectivity index (χ2n) is 4.47. The van der Waals surface area contributed by atoms with E-state index >= 15 is 0 Å². The van der Waals surface area contributed by atoms with Crippen LogP contribution in [0.15, 0.2) is 36.7 Å². The molecule has 0 atom stereocenters. The maximum Gasteiger partial charge on any atom is 0.0962 e. The normalized spacial score (nSPS) is 11.2. The highest BCUT2D eigenvalue weighted by Crippen LogP contribution is 2.14. The molecule has 4 heteroatoms. The summed E-state index contributed by atoms with van der Waals surface area (Å²) in [6.45, 7) is 2.93. The quantitative estimate of drug-likeness (QED) is 0.704. The van der Waals surface area contributed by atoms with Gasteiger partial charge in [-0.25, -0.2) is 4.98 Å². The van der Waals surface area contributed by atoms with Crippen LogP contribution in [0.25, 0.3) is 11.0 Å². The molecule has 0 N–H and O–H groups in total. The van der Waals surface area contributed by atoms with E-state index in [2.05, 4.69) is 33.7 Å². The van der Waals surface area contributed by atoms with Crippen LogP contribution in [0.2, 0.25) is 0 Å². The zero-order valence-electron chi connectivity index (χ0n) is 10.7. The summed E-state index contributed by atoms with van der Waals surface area (Å²) < 4.78 is 4.11. The molecule has 3 rings (SSSR count). The van der Waals surface area contributed by atoms with Crippen molar-refractivity contribution in [1.29, 1.82) is 0 Å². The molecular weight excluding hydrogens is 224 g/mol. The molecule has 0 saturated heterocycles. The van der Waals surface area contributed by atoms with Gasteiger partial charge in [-0.1, -0.05) is 19.1 Å². The Labute approximate surface area is 106 Å². The summed E-state index contributed by atoms with van der Waals surface area (Å²) in [6.07, 6.45) is 2.86. The predicted molar refractivity (Wildman–Crippen MR) is 71.4 cm³/mol. The Morgan fingerprint density at radius 1 is 1.22 bits per heavy atom. The van der Waals surface area contributed by atoms with E-state index in [9.17, 15) is 0 Å². The first-order chi connectivity index (χ1) is 8.78. The summed E-state index contributed by atoms with van der Waals surface area (Å²) in [6, 6.07) is 10.3. The number of aromatic nitrogens is 4. The zero-order valence-corrected chi connectivity index (χ0v) is 10.7. The second kappa shape index (κ2) is 4.29. The van der Waals surface area contributed by atoms with Crippen LogP contribution in [0.4, 0.5) is 0 Å². The summed E-state index contributed by atoms with van der Waals surface area (Å²) in [5.41, 5.74) is 4.54. The van der Waals surface area contributed by atoms with Crippen LogP contribution < -0.4 is 0 Å². The molecule has 0 aliphatic rings. The van der Waals surface area contributed by atoms with Gasteiger partial charge in [0, 0.05) is 7.05 Å². The van der Waals surface area contributed by atoms with E-state index < -0.39 is 0 Å². The summed E-state index contributed by atoms with van der Waals surface area (Å²) in [5, 5.41) is 4.47. The lowest BCUT2D eigenvalue weighted by molar-refractivity contribution is 0.667. The Balaban J connectivity index is 1.98. The largest absolute Gasteiger partial charge is 0.325 e. The smallest absolute Gasteiger partial charge is 0.0962 e. The molecule has 0 aliphatic carbocycles. The van der Waals surface area contributed by atoms with Gasteiger partial charge in [-0.05, 0) is 24.6 Å². The van der Waals surface area contributed by atoms with Crippen molar-refractivity contribution >= 4 is 11.0 Å². The van der Waals surface area contributed by atoms with Gasteiger partial charge in [0.25, 0.3) is 0 Å². The predicted octanol–water partition coefficient (Wildman–Crippen LogP) is 2.38. The van der Waals surface area contributed by atoms with Gasteiger partial charge in [-0.3, -0.25) is 4.68 Å². The fraction of sp³-hybridized carbons (Fsp3) is 0.286. The van der Waals surface area contributed by atoms with Gasteiger partial charge >= 0.3 is 0 Å². The number of imidazole rings is 1. The molecule has 0 fully saturated rings. The molecule has 0 bridgehead atoms. The third kappa shape index (κ3) is 1.79. The Kier molecular flexibility index (Phi) is 2.63. The molecular formula is C14H16N4. The van der Waals surface area contributed by atoms with Crippen LogP contribution in [0.1, 0.15) is 18.3 Å². The van der Waals surface area contributed by atoms with E-state index in [0.717, 1.165) is 29.7 Å². The van der Waals surface area contributed by atoms with Crippen LogP contribution in [0, 0.1) is 0 Å². The lowest BCUT2D eigenvalue weighted by Gasteiger charge is -2.04. The highest BCUT2D eigenvalue weighted by atomic mass is 15.3. The van der Waals surface area contributed by atoms with Gasteiger partial charge in [-0.15, -0.1) is 0 Å². The van der Waals surface area contributed by atoms with Gasteiger partial charge in [0.15, 0.2) is 0 Å². The van der Waals surface area contributed by atoms with Crippen molar-refractivity contribution in [3.05, 3.63) is 48.0 Å². The minimum atomic E-state index is 0.810. The van der Waals surface area contributed by atoms with Gasteiger partial charge < -0.3 is 4.57 Å². The van der Waals surface area contributed by atoms with E-state index in [1.807, 2.05) is 36.3 Å². The van der Waals surface area contributed by atoms with E-state index in [1.165, 1.54) is 5.69 Å². The van der Waals surface area contributed by atoms with Crippen molar-refractivity contribution in [3.8, 4) is 0 Å². The highest BCUT2D eigenvalue weighted by Gasteiger charge is 2.07. The molecule has 4 nitrogen and oxygen atoms in total. The van der Waals surface area contributed by atoms with E-state index in [1.54, 1.807) is 0 Å². The first kappa shape index (κ1) is 11.0. The van der Waals surface area contributed by atoms with Crippen molar-refractivity contribution in [1.82, 2.24) is 19.3 Å². The van der Waals surface area contributed by atoms with Crippen molar-refractivity contribution in [2.75, 3.05) is 0 Å². The molecule has 0 unspecified atom stereocenters. The standard InChI is InChI=1S/C14H16N4/c1-3-11-8-12(17(2)16-11)9-18-10-15-13-6-4-5-7-14(13)18/h4-8,10H,3,9H2,1-2H3. The van der Waals surface area contributed by atoms with E-state index in [0.29, 0.717) is 0 Å². The van der Waals surface area contributed by atoms with Gasteiger partial charge in [0.05, 0.1) is 35.3 Å². The SMILES string of the molecule is CCc1cc(Cn2cnc3ccccc32)n(C)n1. The molecule has 2 aromatic heterocycles. The summed E-state index contributed by atoms with van der Waals surface area (Å²) in [7, 11) is 1.99. The highest BCUT2D eigenvalue weighted by molar-refractivity contribution is 5.75. The topological polar surface area (TPSA) is 35.6 Å². The van der Waals surface area contributed by atoms with Crippen molar-refractivity contribution < 1.29 is 0 Å². The van der Waals surface area contributed by atoms with E-state index in [-0.39, 0.29) is 0 Å². The molecule has 2 heterocycles. The number of hydrogen-bond acceptors (Lipinski definition) is 2. The number of benzene rings is 1. The molecule has 0 amide bonds. The third-order valence-electron chi connectivity index (χ3n) is 3.25. The Hall–Kier alpha value is -2.10. The fourth-order valence-corrected chi connectivity index (χ4v) is 2.20. The Morgan fingerprint density at radius 2 is 2.06 bits per heavy atom. The monoisotopic (exact) mass is 240 g/mol.